The van der Waals surface area contributed by atoms with Crippen LogP contribution in [0, 0.1) is 0 Å². The van der Waals surface area contributed by atoms with Crippen LogP contribution in [0.4, 0.5) is 5.69 Å². The predicted molar refractivity (Wildman–Crippen MR) is 113 cm³/mol. The molecule has 0 fully saturated rings. The van der Waals surface area contributed by atoms with Gasteiger partial charge in [0.1, 0.15) is 11.5 Å². The van der Waals surface area contributed by atoms with Crippen molar-refractivity contribution < 1.29 is 14.9 Å². The smallest absolute Gasteiger partial charge is 0.265 e. The first-order valence-corrected chi connectivity index (χ1v) is 8.93. The molecule has 2 N–H and O–H groups in total. The average molecular weight is 386 g/mol. The lowest BCUT2D eigenvalue weighted by Crippen LogP contribution is -2.20. The van der Waals surface area contributed by atoms with Crippen molar-refractivity contribution in [2.24, 2.45) is 4.99 Å². The van der Waals surface area contributed by atoms with Gasteiger partial charge in [0.05, 0.1) is 24.0 Å². The van der Waals surface area contributed by atoms with Crippen molar-refractivity contribution in [1.82, 2.24) is 4.57 Å². The van der Waals surface area contributed by atoms with Gasteiger partial charge >= 0.3 is 0 Å². The number of rotatable bonds is 4. The molecule has 1 aromatic heterocycles. The van der Waals surface area contributed by atoms with Gasteiger partial charge in [0.25, 0.3) is 5.56 Å². The second-order valence-corrected chi connectivity index (χ2v) is 6.40. The molecule has 3 aromatic carbocycles. The Morgan fingerprint density at radius 1 is 0.897 bits per heavy atom. The Morgan fingerprint density at radius 3 is 2.21 bits per heavy atom. The van der Waals surface area contributed by atoms with Crippen molar-refractivity contribution in [1.29, 1.82) is 0 Å². The van der Waals surface area contributed by atoms with Crippen LogP contribution in [0.1, 0.15) is 5.56 Å². The Morgan fingerprint density at radius 2 is 1.55 bits per heavy atom. The third-order valence-corrected chi connectivity index (χ3v) is 4.63. The summed E-state index contributed by atoms with van der Waals surface area (Å²) in [5, 5.41) is 21.5. The third kappa shape index (κ3) is 3.43. The van der Waals surface area contributed by atoms with Gasteiger partial charge in [0.2, 0.25) is 5.88 Å². The number of aromatic nitrogens is 1. The van der Waals surface area contributed by atoms with Gasteiger partial charge in [-0.2, -0.15) is 0 Å². The Kier molecular flexibility index (Phi) is 4.75. The number of nitrogens with zero attached hydrogens (tertiary/aromatic N) is 2. The van der Waals surface area contributed by atoms with E-state index in [-0.39, 0.29) is 17.2 Å². The van der Waals surface area contributed by atoms with Gasteiger partial charge in [0.15, 0.2) is 0 Å². The number of aromatic hydroxyl groups is 2. The lowest BCUT2D eigenvalue weighted by Gasteiger charge is -2.14. The second-order valence-electron chi connectivity index (χ2n) is 6.40. The van der Waals surface area contributed by atoms with Crippen molar-refractivity contribution in [2.75, 3.05) is 7.11 Å². The van der Waals surface area contributed by atoms with Gasteiger partial charge in [-0.15, -0.1) is 0 Å². The second kappa shape index (κ2) is 7.52. The normalized spacial score (nSPS) is 11.2. The minimum Gasteiger partial charge on any atom is -0.508 e. The minimum atomic E-state index is -0.329. The summed E-state index contributed by atoms with van der Waals surface area (Å²) in [6.45, 7) is 0. The van der Waals surface area contributed by atoms with E-state index in [1.54, 1.807) is 67.8 Å². The first-order chi connectivity index (χ1) is 14.1. The van der Waals surface area contributed by atoms with E-state index in [0.29, 0.717) is 33.5 Å². The highest BCUT2D eigenvalue weighted by atomic mass is 16.5. The number of ether oxygens (including phenoxy) is 1. The van der Waals surface area contributed by atoms with Crippen LogP contribution in [-0.4, -0.2) is 28.1 Å². The molecule has 0 radical (unpaired) electrons. The van der Waals surface area contributed by atoms with Crippen molar-refractivity contribution in [3.05, 3.63) is 88.7 Å². The Balaban J connectivity index is 1.93. The van der Waals surface area contributed by atoms with Crippen LogP contribution < -0.4 is 10.3 Å². The van der Waals surface area contributed by atoms with E-state index in [1.807, 2.05) is 0 Å². The summed E-state index contributed by atoms with van der Waals surface area (Å²) in [5.41, 5.74) is 1.21. The van der Waals surface area contributed by atoms with Gasteiger partial charge in [0, 0.05) is 17.0 Å². The molecular weight excluding hydrogens is 368 g/mol. The Bertz CT molecular complexity index is 1260. The molecule has 0 atom stereocenters. The van der Waals surface area contributed by atoms with Gasteiger partial charge in [-0.1, -0.05) is 18.2 Å². The molecule has 0 aliphatic heterocycles. The van der Waals surface area contributed by atoms with Crippen LogP contribution in [0.3, 0.4) is 0 Å². The molecular formula is C23H18N2O4. The summed E-state index contributed by atoms with van der Waals surface area (Å²) in [6.07, 6.45) is 1.52. The van der Waals surface area contributed by atoms with Crippen LogP contribution in [-0.2, 0) is 0 Å². The first-order valence-electron chi connectivity index (χ1n) is 8.93. The van der Waals surface area contributed by atoms with Crippen molar-refractivity contribution in [3.63, 3.8) is 0 Å². The molecule has 6 nitrogen and oxygen atoms in total. The van der Waals surface area contributed by atoms with Crippen LogP contribution in [0.15, 0.2) is 82.6 Å². The molecule has 6 heteroatoms. The SMILES string of the molecule is COc1ccc(-n2c(O)c(C=Nc3ccc(O)cc3)c3ccccc3c2=O)cc1. The molecule has 1 heterocycles. The predicted octanol–water partition coefficient (Wildman–Crippen LogP) is 4.16. The number of fused-ring (bicyclic) bond motifs is 1. The van der Waals surface area contributed by atoms with Crippen LogP contribution in [0.5, 0.6) is 17.4 Å². The number of phenolic OH excluding ortho intramolecular Hbond substituents is 1. The number of benzene rings is 3. The molecule has 0 aliphatic rings. The van der Waals surface area contributed by atoms with E-state index in [0.717, 1.165) is 0 Å². The molecule has 0 unspecified atom stereocenters. The van der Waals surface area contributed by atoms with Gasteiger partial charge in [-0.3, -0.25) is 9.79 Å². The molecule has 0 bridgehead atoms. The number of aliphatic imine (C=N–C) groups is 1. The zero-order chi connectivity index (χ0) is 20.4. The average Bonchev–Trinajstić information content (AvgIpc) is 2.75. The highest BCUT2D eigenvalue weighted by Gasteiger charge is 2.16. The van der Waals surface area contributed by atoms with Crippen LogP contribution in [0.25, 0.3) is 16.5 Å². The largest absolute Gasteiger partial charge is 0.508 e. The maximum Gasteiger partial charge on any atom is 0.265 e. The van der Waals surface area contributed by atoms with Crippen LogP contribution in [0.2, 0.25) is 0 Å². The quantitative estimate of drug-likeness (QED) is 0.516. The van der Waals surface area contributed by atoms with Crippen molar-refractivity contribution in [2.45, 2.75) is 0 Å². The summed E-state index contributed by atoms with van der Waals surface area (Å²) >= 11 is 0. The minimum absolute atomic E-state index is 0.144. The number of hydrogen-bond acceptors (Lipinski definition) is 5. The molecule has 4 aromatic rings. The highest BCUT2D eigenvalue weighted by molar-refractivity contribution is 6.02. The summed E-state index contributed by atoms with van der Waals surface area (Å²) < 4.78 is 6.42. The molecule has 29 heavy (non-hydrogen) atoms. The molecule has 0 amide bonds. The molecule has 144 valence electrons. The fraction of sp³-hybridized carbons (Fsp3) is 0.0435. The molecule has 0 saturated carbocycles. The number of methoxy groups -OCH3 is 1. The van der Waals surface area contributed by atoms with Crippen LogP contribution >= 0.6 is 0 Å². The van der Waals surface area contributed by atoms with E-state index >= 15 is 0 Å². The van der Waals surface area contributed by atoms with Crippen molar-refractivity contribution >= 4 is 22.7 Å². The first kappa shape index (κ1) is 18.3. The van der Waals surface area contributed by atoms with E-state index in [4.69, 9.17) is 4.74 Å². The topological polar surface area (TPSA) is 84.1 Å². The summed E-state index contributed by atoms with van der Waals surface area (Å²) in [6, 6.07) is 20.3. The Labute approximate surface area is 166 Å². The maximum absolute atomic E-state index is 13.1. The lowest BCUT2D eigenvalue weighted by molar-refractivity contribution is 0.414. The van der Waals surface area contributed by atoms with Gasteiger partial charge in [-0.05, 0) is 54.6 Å². The van der Waals surface area contributed by atoms with E-state index in [9.17, 15) is 15.0 Å². The molecule has 0 spiro atoms. The monoisotopic (exact) mass is 386 g/mol. The van der Waals surface area contributed by atoms with E-state index in [2.05, 4.69) is 4.99 Å². The number of hydrogen-bond donors (Lipinski definition) is 2. The maximum atomic E-state index is 13.1. The zero-order valence-electron chi connectivity index (χ0n) is 15.6. The van der Waals surface area contributed by atoms with Gasteiger partial charge < -0.3 is 14.9 Å². The molecule has 0 saturated heterocycles. The molecule has 0 aliphatic carbocycles. The third-order valence-electron chi connectivity index (χ3n) is 4.63. The van der Waals surface area contributed by atoms with E-state index < -0.39 is 0 Å². The van der Waals surface area contributed by atoms with Crippen molar-refractivity contribution in [3.8, 4) is 23.1 Å². The summed E-state index contributed by atoms with van der Waals surface area (Å²) in [4.78, 5) is 17.5. The lowest BCUT2D eigenvalue weighted by atomic mass is 10.1. The molecule has 4 rings (SSSR count). The summed E-state index contributed by atoms with van der Waals surface area (Å²) in [5.74, 6) is 0.586. The fourth-order valence-corrected chi connectivity index (χ4v) is 3.14. The number of pyridine rings is 1. The highest BCUT2D eigenvalue weighted by Crippen LogP contribution is 2.27. The van der Waals surface area contributed by atoms with Gasteiger partial charge in [-0.25, -0.2) is 4.57 Å². The van der Waals surface area contributed by atoms with E-state index in [1.165, 1.54) is 22.9 Å². The fourth-order valence-electron chi connectivity index (χ4n) is 3.14. The summed E-state index contributed by atoms with van der Waals surface area (Å²) in [7, 11) is 1.56. The zero-order valence-corrected chi connectivity index (χ0v) is 15.6. The standard InChI is InChI=1S/C23H18N2O4/c1-29-18-12-8-16(9-13-18)25-22(27)20-5-3-2-4-19(20)21(23(25)28)14-24-15-6-10-17(26)11-7-15/h2-14,26,28H,1H3. The number of phenols is 1. The Hall–Kier alpha value is -4.06.